The summed E-state index contributed by atoms with van der Waals surface area (Å²) >= 11 is 12.7. The molecule has 4 saturated heterocycles. The zero-order chi connectivity index (χ0) is 43.0. The minimum absolute atomic E-state index is 0.00674. The van der Waals surface area contributed by atoms with Crippen molar-refractivity contribution in [2.75, 3.05) is 105 Å². The fourth-order valence-corrected chi connectivity index (χ4v) is 6.84. The number of morpholine rings is 2. The van der Waals surface area contributed by atoms with Gasteiger partial charge in [-0.25, -0.2) is 9.59 Å². The minimum atomic E-state index is -0.484. The number of ether oxygens (including phenoxy) is 5. The van der Waals surface area contributed by atoms with E-state index in [-0.39, 0.29) is 18.1 Å². The van der Waals surface area contributed by atoms with E-state index in [1.165, 1.54) is 0 Å². The lowest BCUT2D eigenvalue weighted by atomic mass is 10.1. The maximum Gasteiger partial charge on any atom is 0.410 e. The SMILES string of the molecule is C1COCCN1.CC(C)(C)OC(=O)N1CCN(Cc2ccc(C(=O)N3CCOCC3)cc2Cl)CC1.CC(C)(C)OC(=O)N1CCN(Cc2ccc(OC=O)cc2Cl)CC1. The summed E-state index contributed by atoms with van der Waals surface area (Å²) in [5, 5.41) is 4.31. The number of carbonyl (C=O) groups excluding carboxylic acids is 4. The lowest BCUT2D eigenvalue weighted by Crippen LogP contribution is -2.49. The molecule has 0 unspecified atom stereocenters. The zero-order valence-electron chi connectivity index (χ0n) is 35.4. The van der Waals surface area contributed by atoms with Crippen LogP contribution in [0.4, 0.5) is 9.59 Å². The van der Waals surface area contributed by atoms with Gasteiger partial charge in [-0.15, -0.1) is 0 Å². The van der Waals surface area contributed by atoms with Crippen LogP contribution < -0.4 is 10.1 Å². The molecular formula is C42H62Cl2N6O9. The molecule has 4 heterocycles. The first-order valence-electron chi connectivity index (χ1n) is 20.2. The third kappa shape index (κ3) is 17.1. The standard InChI is InChI=1S/C21H30ClN3O4.C17H23ClN2O4.C4H9NO/c1-21(2,3)29-20(27)25-8-6-23(7-9-25)15-17-5-4-16(14-18(17)22)19(26)24-10-12-28-13-11-24;1-17(2,3)24-16(22)20-8-6-19(7-9-20)11-13-4-5-14(23-12-21)10-15(13)18;1-3-6-4-2-5-1/h4-5,14H,6-13,15H2,1-3H3;4-5,10,12H,6-9,11H2,1-3H3;5H,1-4H2. The summed E-state index contributed by atoms with van der Waals surface area (Å²) in [7, 11) is 0. The van der Waals surface area contributed by atoms with Gasteiger partial charge in [-0.2, -0.15) is 0 Å². The van der Waals surface area contributed by atoms with E-state index in [0.717, 1.165) is 63.6 Å². The van der Waals surface area contributed by atoms with Gasteiger partial charge in [-0.05, 0) is 76.9 Å². The lowest BCUT2D eigenvalue weighted by Gasteiger charge is -2.35. The van der Waals surface area contributed by atoms with Gasteiger partial charge in [-0.1, -0.05) is 35.3 Å². The Kier molecular flexibility index (Phi) is 19.0. The highest BCUT2D eigenvalue weighted by Gasteiger charge is 2.28. The van der Waals surface area contributed by atoms with Gasteiger partial charge in [0.1, 0.15) is 17.0 Å². The predicted octanol–water partition coefficient (Wildman–Crippen LogP) is 5.40. The van der Waals surface area contributed by atoms with Crippen molar-refractivity contribution in [3.8, 4) is 5.75 Å². The fourth-order valence-electron chi connectivity index (χ4n) is 6.37. The summed E-state index contributed by atoms with van der Waals surface area (Å²) in [5.74, 6) is 0.418. The van der Waals surface area contributed by atoms with E-state index in [2.05, 4.69) is 15.1 Å². The Hall–Kier alpha value is -3.70. The van der Waals surface area contributed by atoms with Crippen LogP contribution in [0.2, 0.25) is 10.0 Å². The van der Waals surface area contributed by atoms with Crippen molar-refractivity contribution in [3.05, 3.63) is 63.1 Å². The molecule has 1 N–H and O–H groups in total. The number of nitrogens with zero attached hydrogens (tertiary/aromatic N) is 5. The molecular weight excluding hydrogens is 803 g/mol. The van der Waals surface area contributed by atoms with Gasteiger partial charge in [0, 0.05) is 107 Å². The Morgan fingerprint density at radius 3 is 1.49 bits per heavy atom. The summed E-state index contributed by atoms with van der Waals surface area (Å²) < 4.78 is 25.9. The second-order valence-corrected chi connectivity index (χ2v) is 17.3. The van der Waals surface area contributed by atoms with E-state index < -0.39 is 11.2 Å². The predicted molar refractivity (Wildman–Crippen MR) is 226 cm³/mol. The topological polar surface area (TPSA) is 143 Å². The second-order valence-electron chi connectivity index (χ2n) is 16.5. The molecule has 0 spiro atoms. The summed E-state index contributed by atoms with van der Waals surface area (Å²) in [5.41, 5.74) is 1.59. The van der Waals surface area contributed by atoms with E-state index in [0.29, 0.717) is 93.4 Å². The van der Waals surface area contributed by atoms with Crippen LogP contribution in [0.5, 0.6) is 5.75 Å². The van der Waals surface area contributed by atoms with Crippen LogP contribution in [-0.2, 0) is 36.8 Å². The Labute approximate surface area is 359 Å². The summed E-state index contributed by atoms with van der Waals surface area (Å²) in [6, 6.07) is 10.7. The largest absolute Gasteiger partial charge is 0.444 e. The van der Waals surface area contributed by atoms with E-state index in [1.807, 2.05) is 59.7 Å². The normalized spacial score (nSPS) is 18.1. The molecule has 4 aliphatic heterocycles. The number of nitrogens with one attached hydrogen (secondary N) is 1. The zero-order valence-corrected chi connectivity index (χ0v) is 36.9. The summed E-state index contributed by atoms with van der Waals surface area (Å²) in [4.78, 5) is 56.9. The Balaban J connectivity index is 0.000000231. The van der Waals surface area contributed by atoms with E-state index in [4.69, 9.17) is 46.9 Å². The second kappa shape index (κ2) is 23.3. The van der Waals surface area contributed by atoms with Crippen LogP contribution in [0.25, 0.3) is 0 Å². The molecule has 0 aromatic heterocycles. The summed E-state index contributed by atoms with van der Waals surface area (Å²) in [6.45, 7) is 24.7. The molecule has 17 heteroatoms. The molecule has 0 bridgehead atoms. The highest BCUT2D eigenvalue weighted by atomic mass is 35.5. The monoisotopic (exact) mass is 864 g/mol. The van der Waals surface area contributed by atoms with E-state index >= 15 is 0 Å². The average Bonchev–Trinajstić information content (AvgIpc) is 3.20. The number of hydrogen-bond donors (Lipinski definition) is 1. The molecule has 2 aromatic rings. The third-order valence-corrected chi connectivity index (χ3v) is 10.2. The van der Waals surface area contributed by atoms with Gasteiger partial charge in [0.2, 0.25) is 0 Å². The number of hydrogen-bond acceptors (Lipinski definition) is 12. The Bertz CT molecular complexity index is 1650. The maximum absolute atomic E-state index is 12.6. The minimum Gasteiger partial charge on any atom is -0.444 e. The van der Waals surface area contributed by atoms with Crippen LogP contribution in [0.1, 0.15) is 63.0 Å². The molecule has 328 valence electrons. The van der Waals surface area contributed by atoms with Crippen molar-refractivity contribution in [2.24, 2.45) is 0 Å². The molecule has 3 amide bonds. The van der Waals surface area contributed by atoms with Crippen LogP contribution >= 0.6 is 23.2 Å². The van der Waals surface area contributed by atoms with Crippen molar-refractivity contribution >= 4 is 47.8 Å². The molecule has 6 rings (SSSR count). The number of halogens is 2. The van der Waals surface area contributed by atoms with Crippen molar-refractivity contribution in [1.82, 2.24) is 29.8 Å². The number of piperazine rings is 2. The van der Waals surface area contributed by atoms with Gasteiger partial charge in [0.15, 0.2) is 0 Å². The molecule has 0 saturated carbocycles. The van der Waals surface area contributed by atoms with Crippen LogP contribution in [-0.4, -0.2) is 165 Å². The van der Waals surface area contributed by atoms with E-state index in [1.54, 1.807) is 32.9 Å². The highest BCUT2D eigenvalue weighted by Crippen LogP contribution is 2.25. The van der Waals surface area contributed by atoms with Gasteiger partial charge in [0.25, 0.3) is 12.4 Å². The lowest BCUT2D eigenvalue weighted by molar-refractivity contribution is -0.120. The first-order valence-corrected chi connectivity index (χ1v) is 21.0. The summed E-state index contributed by atoms with van der Waals surface area (Å²) in [6.07, 6.45) is -0.531. The van der Waals surface area contributed by atoms with Crippen LogP contribution in [0.3, 0.4) is 0 Å². The van der Waals surface area contributed by atoms with Gasteiger partial charge >= 0.3 is 12.2 Å². The van der Waals surface area contributed by atoms with Crippen molar-refractivity contribution < 1.29 is 42.9 Å². The average molecular weight is 866 g/mol. The number of amides is 3. The third-order valence-electron chi connectivity index (χ3n) is 9.49. The molecule has 0 atom stereocenters. The molecule has 4 aliphatic rings. The van der Waals surface area contributed by atoms with Crippen LogP contribution in [0.15, 0.2) is 36.4 Å². The number of benzene rings is 2. The molecule has 0 radical (unpaired) electrons. The first kappa shape index (κ1) is 48.0. The molecule has 4 fully saturated rings. The number of carbonyl (C=O) groups is 4. The van der Waals surface area contributed by atoms with Crippen molar-refractivity contribution in [2.45, 2.75) is 65.8 Å². The number of rotatable bonds is 7. The molecule has 59 heavy (non-hydrogen) atoms. The van der Waals surface area contributed by atoms with Gasteiger partial charge < -0.3 is 43.7 Å². The molecule has 15 nitrogen and oxygen atoms in total. The maximum atomic E-state index is 12.6. The smallest absolute Gasteiger partial charge is 0.410 e. The van der Waals surface area contributed by atoms with Crippen LogP contribution in [0, 0.1) is 0 Å². The molecule has 0 aliphatic carbocycles. The van der Waals surface area contributed by atoms with Gasteiger partial charge in [-0.3, -0.25) is 19.4 Å². The fraction of sp³-hybridized carbons (Fsp3) is 0.619. The Morgan fingerprint density at radius 2 is 1.10 bits per heavy atom. The highest BCUT2D eigenvalue weighted by molar-refractivity contribution is 6.32. The van der Waals surface area contributed by atoms with E-state index in [9.17, 15) is 19.2 Å². The quantitative estimate of drug-likeness (QED) is 0.357. The Morgan fingerprint density at radius 1 is 0.644 bits per heavy atom. The molecule has 2 aromatic carbocycles. The first-order chi connectivity index (χ1) is 28.0. The van der Waals surface area contributed by atoms with Crippen molar-refractivity contribution in [1.29, 1.82) is 0 Å². The van der Waals surface area contributed by atoms with Crippen molar-refractivity contribution in [3.63, 3.8) is 0 Å². The van der Waals surface area contributed by atoms with Gasteiger partial charge in [0.05, 0.1) is 26.4 Å².